The lowest BCUT2D eigenvalue weighted by molar-refractivity contribution is -0.220. The Morgan fingerprint density at radius 3 is 1.30 bits per heavy atom. The first kappa shape index (κ1) is 57.6. The molecule has 1 fully saturated rings. The zero-order valence-corrected chi connectivity index (χ0v) is 39.1. The third-order valence-electron chi connectivity index (χ3n) is 11.6. The van der Waals surface area contributed by atoms with Crippen molar-refractivity contribution in [2.45, 2.75) is 262 Å². The van der Waals surface area contributed by atoms with E-state index in [9.17, 15) is 44.6 Å². The van der Waals surface area contributed by atoms with E-state index in [0.717, 1.165) is 57.8 Å². The summed E-state index contributed by atoms with van der Waals surface area (Å²) in [6, 6.07) is 0. The predicted molar refractivity (Wildman–Crippen MR) is 240 cm³/mol. The number of rotatable bonds is 41. The topological polar surface area (TPSA) is 210 Å². The highest BCUT2D eigenvalue weighted by Gasteiger charge is 2.51. The number of aliphatic hydroxyl groups excluding tert-OH is 5. The van der Waals surface area contributed by atoms with E-state index in [-0.39, 0.29) is 12.8 Å². The summed E-state index contributed by atoms with van der Waals surface area (Å²) in [4.78, 5) is 35.7. The van der Waals surface area contributed by atoms with Gasteiger partial charge in [0, 0.05) is 12.8 Å². The van der Waals surface area contributed by atoms with Gasteiger partial charge in [-0.05, 0) is 32.1 Å². The summed E-state index contributed by atoms with van der Waals surface area (Å²) in [7, 11) is -5.11. The molecule has 1 aliphatic carbocycles. The van der Waals surface area contributed by atoms with Crippen LogP contribution in [0.3, 0.4) is 0 Å². The largest absolute Gasteiger partial charge is 0.472 e. The van der Waals surface area contributed by atoms with Gasteiger partial charge in [0.2, 0.25) is 0 Å². The molecule has 6 N–H and O–H groups in total. The Balaban J connectivity index is 2.35. The van der Waals surface area contributed by atoms with Crippen LogP contribution >= 0.6 is 7.82 Å². The van der Waals surface area contributed by atoms with Crippen molar-refractivity contribution in [1.82, 2.24) is 0 Å². The molecule has 0 aromatic carbocycles. The lowest BCUT2D eigenvalue weighted by Crippen LogP contribution is -2.64. The molecule has 0 aromatic rings. The minimum Gasteiger partial charge on any atom is -0.462 e. The molecular formula is C47H89O13P. The quantitative estimate of drug-likeness (QED) is 0.0146. The average molecular weight is 893 g/mol. The number of esters is 2. The first-order valence-electron chi connectivity index (χ1n) is 24.5. The lowest BCUT2D eigenvalue weighted by Gasteiger charge is -2.41. The normalized spacial score (nSPS) is 22.0. The van der Waals surface area contributed by atoms with Crippen LogP contribution in [0.5, 0.6) is 0 Å². The number of carbonyl (C=O) groups excluding carboxylic acids is 2. The van der Waals surface area contributed by atoms with Crippen molar-refractivity contribution < 1.29 is 63.1 Å². The smallest absolute Gasteiger partial charge is 0.462 e. The summed E-state index contributed by atoms with van der Waals surface area (Å²) in [5, 5.41) is 50.1. The van der Waals surface area contributed by atoms with Crippen molar-refractivity contribution in [3.63, 3.8) is 0 Å². The average Bonchev–Trinajstić information content (AvgIpc) is 3.24. The van der Waals surface area contributed by atoms with Gasteiger partial charge in [0.25, 0.3) is 0 Å². The molecule has 0 radical (unpaired) electrons. The fourth-order valence-electron chi connectivity index (χ4n) is 7.62. The molecule has 0 spiro atoms. The van der Waals surface area contributed by atoms with Gasteiger partial charge in [-0.3, -0.25) is 18.6 Å². The van der Waals surface area contributed by atoms with Crippen molar-refractivity contribution in [3.05, 3.63) is 12.2 Å². The lowest BCUT2D eigenvalue weighted by atomic mass is 9.85. The van der Waals surface area contributed by atoms with E-state index in [0.29, 0.717) is 12.8 Å². The van der Waals surface area contributed by atoms with Crippen LogP contribution in [0.25, 0.3) is 0 Å². The van der Waals surface area contributed by atoms with E-state index in [1.807, 2.05) is 0 Å². The van der Waals surface area contributed by atoms with E-state index >= 15 is 0 Å². The Labute approximate surface area is 369 Å². The van der Waals surface area contributed by atoms with Crippen LogP contribution in [0.2, 0.25) is 0 Å². The number of hydrogen-bond acceptors (Lipinski definition) is 12. The van der Waals surface area contributed by atoms with E-state index in [4.69, 9.17) is 18.5 Å². The van der Waals surface area contributed by atoms with Gasteiger partial charge in [0.15, 0.2) is 6.10 Å². The fourth-order valence-corrected chi connectivity index (χ4v) is 8.60. The van der Waals surface area contributed by atoms with Crippen LogP contribution in [-0.2, 0) is 32.7 Å². The van der Waals surface area contributed by atoms with E-state index in [1.165, 1.54) is 122 Å². The van der Waals surface area contributed by atoms with Crippen LogP contribution in [0.1, 0.15) is 219 Å². The zero-order chi connectivity index (χ0) is 45.0. The number of carbonyl (C=O) groups is 2. The van der Waals surface area contributed by atoms with E-state index in [2.05, 4.69) is 26.0 Å². The maximum absolute atomic E-state index is 12.8. The Hall–Kier alpha value is -1.41. The summed E-state index contributed by atoms with van der Waals surface area (Å²) in [6.07, 6.45) is 27.1. The first-order valence-corrected chi connectivity index (χ1v) is 26.0. The molecule has 1 saturated carbocycles. The molecule has 61 heavy (non-hydrogen) atoms. The molecule has 1 aliphatic rings. The highest BCUT2D eigenvalue weighted by Crippen LogP contribution is 2.47. The Morgan fingerprint density at radius 2 is 0.852 bits per heavy atom. The fraction of sp³-hybridized carbons (Fsp3) is 0.915. The Morgan fingerprint density at radius 1 is 0.492 bits per heavy atom. The monoisotopic (exact) mass is 893 g/mol. The van der Waals surface area contributed by atoms with Crippen molar-refractivity contribution >= 4 is 19.8 Å². The zero-order valence-electron chi connectivity index (χ0n) is 38.2. The van der Waals surface area contributed by atoms with Gasteiger partial charge < -0.3 is 39.9 Å². The summed E-state index contributed by atoms with van der Waals surface area (Å²) in [5.41, 5.74) is 0. The van der Waals surface area contributed by atoms with Crippen LogP contribution < -0.4 is 0 Å². The molecule has 0 aromatic heterocycles. The van der Waals surface area contributed by atoms with Gasteiger partial charge >= 0.3 is 19.8 Å². The highest BCUT2D eigenvalue weighted by molar-refractivity contribution is 7.47. The van der Waals surface area contributed by atoms with Crippen LogP contribution in [0.15, 0.2) is 12.2 Å². The number of phosphoric acid groups is 1. The van der Waals surface area contributed by atoms with Crippen molar-refractivity contribution in [2.75, 3.05) is 13.2 Å². The van der Waals surface area contributed by atoms with Gasteiger partial charge in [-0.15, -0.1) is 0 Å². The van der Waals surface area contributed by atoms with Crippen molar-refractivity contribution in [2.24, 2.45) is 0 Å². The third-order valence-corrected chi connectivity index (χ3v) is 12.6. The van der Waals surface area contributed by atoms with Crippen LogP contribution in [-0.4, -0.2) is 98.3 Å². The number of hydrogen-bond donors (Lipinski definition) is 6. The third kappa shape index (κ3) is 30.4. The van der Waals surface area contributed by atoms with Gasteiger partial charge in [-0.2, -0.15) is 0 Å². The SMILES string of the molecule is CCCC/C=C\CCCCCCCC(=O)OC(COC(=O)CCCCCCCCCCCCCCCCCCCCCCC)COP(=O)(O)OC1C(O)C(O)C(O)C(O)C1O. The Kier molecular flexibility index (Phi) is 35.8. The predicted octanol–water partition coefficient (Wildman–Crippen LogP) is 9.84. The summed E-state index contributed by atoms with van der Waals surface area (Å²) in [6.45, 7) is 3.27. The van der Waals surface area contributed by atoms with Gasteiger partial charge in [-0.25, -0.2) is 4.57 Å². The number of unbranched alkanes of at least 4 members (excludes halogenated alkanes) is 27. The number of phosphoric ester groups is 1. The molecule has 0 bridgehead atoms. The standard InChI is InChI=1S/C47H89O13P/c1-3-5-7-9-11-13-15-16-17-18-19-20-21-22-23-24-26-27-29-31-33-35-40(48)57-37-39(59-41(49)36-34-32-30-28-25-14-12-10-8-6-4-2)38-58-61(55,56)60-47-45(53)43(51)42(50)44(52)46(47)54/h10,12,39,42-47,50-54H,3-9,11,13-38H2,1-2H3,(H,55,56)/b12-10-. The number of aliphatic hydroxyl groups is 5. The summed E-state index contributed by atoms with van der Waals surface area (Å²) < 4.78 is 33.5. The van der Waals surface area contributed by atoms with E-state index in [1.54, 1.807) is 0 Å². The molecule has 6 unspecified atom stereocenters. The molecule has 0 saturated heterocycles. The first-order chi connectivity index (χ1) is 29.4. The second-order valence-corrected chi connectivity index (χ2v) is 18.7. The molecule has 0 heterocycles. The maximum atomic E-state index is 12.8. The van der Waals surface area contributed by atoms with Gasteiger partial charge in [0.05, 0.1) is 6.61 Å². The minimum absolute atomic E-state index is 0.0899. The van der Waals surface area contributed by atoms with Gasteiger partial charge in [0.1, 0.15) is 43.2 Å². The number of ether oxygens (including phenoxy) is 2. The number of allylic oxidation sites excluding steroid dienone is 2. The summed E-state index contributed by atoms with van der Waals surface area (Å²) >= 11 is 0. The molecule has 360 valence electrons. The molecule has 1 rings (SSSR count). The summed E-state index contributed by atoms with van der Waals surface area (Å²) in [5.74, 6) is -1.10. The van der Waals surface area contributed by atoms with Crippen molar-refractivity contribution in [1.29, 1.82) is 0 Å². The Bertz CT molecular complexity index is 1120. The van der Waals surface area contributed by atoms with Crippen molar-refractivity contribution in [3.8, 4) is 0 Å². The van der Waals surface area contributed by atoms with Crippen LogP contribution in [0.4, 0.5) is 0 Å². The molecular weight excluding hydrogens is 803 g/mol. The van der Waals surface area contributed by atoms with Gasteiger partial charge in [-0.1, -0.05) is 187 Å². The second kappa shape index (κ2) is 37.9. The maximum Gasteiger partial charge on any atom is 0.472 e. The van der Waals surface area contributed by atoms with E-state index < -0.39 is 75.7 Å². The molecule has 0 amide bonds. The minimum atomic E-state index is -5.11. The highest BCUT2D eigenvalue weighted by atomic mass is 31.2. The molecule has 14 heteroatoms. The van der Waals surface area contributed by atoms with Crippen LogP contribution in [0, 0.1) is 0 Å². The second-order valence-electron chi connectivity index (χ2n) is 17.3. The molecule has 13 nitrogen and oxygen atoms in total. The molecule has 6 atom stereocenters. The molecule has 0 aliphatic heterocycles.